The third-order valence-corrected chi connectivity index (χ3v) is 7.80. The van der Waals surface area contributed by atoms with Gasteiger partial charge in [0.25, 0.3) is 0 Å². The van der Waals surface area contributed by atoms with Gasteiger partial charge in [-0.1, -0.05) is 90.7 Å². The van der Waals surface area contributed by atoms with E-state index in [2.05, 4.69) is 208 Å². The minimum absolute atomic E-state index is 0.826. The molecule has 8 aromatic carbocycles. The Hall–Kier alpha value is -1.32. The summed E-state index contributed by atoms with van der Waals surface area (Å²) < 4.78 is 0. The summed E-state index contributed by atoms with van der Waals surface area (Å²) in [5.74, 6) is 0. The van der Waals surface area contributed by atoms with Gasteiger partial charge in [0.2, 0.25) is 0 Å². The van der Waals surface area contributed by atoms with E-state index in [0.29, 0.717) is 0 Å². The predicted molar refractivity (Wildman–Crippen MR) is 262 cm³/mol. The zero-order chi connectivity index (χ0) is 43.6. The van der Waals surface area contributed by atoms with Crippen LogP contribution >= 0.6 is 34.1 Å². The van der Waals surface area contributed by atoms with Crippen molar-refractivity contribution in [2.24, 2.45) is 0 Å². The molecule has 8 heteroatoms. The molecule has 0 heterocycles. The molecular formula is C50H58Cl4Si2Zr2-6. The second-order valence-corrected chi connectivity index (χ2v) is 21.8. The first-order chi connectivity index (χ1) is 28.0. The van der Waals surface area contributed by atoms with E-state index >= 15 is 0 Å². The van der Waals surface area contributed by atoms with Crippen molar-refractivity contribution < 1.29 is 41.7 Å². The van der Waals surface area contributed by atoms with Gasteiger partial charge in [-0.05, 0) is 0 Å². The molecule has 0 aliphatic rings. The van der Waals surface area contributed by atoms with Crippen LogP contribution in [0.5, 0.6) is 0 Å². The van der Waals surface area contributed by atoms with Crippen molar-refractivity contribution in [2.45, 2.75) is 79.3 Å². The van der Waals surface area contributed by atoms with E-state index < -0.39 is 41.7 Å². The van der Waals surface area contributed by atoms with Crippen LogP contribution in [-0.2, 0) is 41.7 Å². The number of halogens is 4. The van der Waals surface area contributed by atoms with Crippen LogP contribution in [0, 0.1) is 41.5 Å². The number of rotatable bonds is 3. The number of hydrogen-bond donors (Lipinski definition) is 0. The molecule has 0 saturated carbocycles. The van der Waals surface area contributed by atoms with Crippen molar-refractivity contribution in [3.05, 3.63) is 182 Å². The maximum atomic E-state index is 4.93. The second kappa shape index (κ2) is 37.4. The fourth-order valence-electron chi connectivity index (χ4n) is 5.58. The van der Waals surface area contributed by atoms with E-state index in [0.717, 1.165) is 24.9 Å². The SMILES string of the molecule is CC[Si].CC[Si].Cc1cc2ccccc2[cH-]1.Cc1cc2ccccc2[cH-]1.Cc1cc2ccccc2[cH-]1.Cc1cc2ccccc2[cH-]1.[CH2-]CCCC[CH2-].[Cl][Zr][Cl].[Cl][Zr][Cl]. The van der Waals surface area contributed by atoms with E-state index in [1.807, 2.05) is 13.8 Å². The van der Waals surface area contributed by atoms with Crippen LogP contribution in [0.15, 0.2) is 146 Å². The zero-order valence-corrected chi connectivity index (χ0v) is 45.0. The van der Waals surface area contributed by atoms with Crippen LogP contribution in [0.4, 0.5) is 0 Å². The third-order valence-electron chi connectivity index (χ3n) is 7.80. The number of benzene rings is 4. The van der Waals surface area contributed by atoms with Gasteiger partial charge in [0.15, 0.2) is 0 Å². The Kier molecular flexibility index (Phi) is 36.6. The van der Waals surface area contributed by atoms with E-state index in [4.69, 9.17) is 34.1 Å². The van der Waals surface area contributed by atoms with Crippen LogP contribution in [0.1, 0.15) is 61.8 Å². The molecule has 0 bridgehead atoms. The molecule has 0 atom stereocenters. The van der Waals surface area contributed by atoms with Gasteiger partial charge in [-0.15, -0.1) is 162 Å². The number of hydrogen-bond acceptors (Lipinski definition) is 0. The summed E-state index contributed by atoms with van der Waals surface area (Å²) in [6, 6.07) is 53.4. The Morgan fingerprint density at radius 3 is 0.759 bits per heavy atom. The second-order valence-electron chi connectivity index (χ2n) is 12.9. The first-order valence-corrected chi connectivity index (χ1v) is 33.4. The monoisotopic (exact) mass is 1030 g/mol. The fourth-order valence-corrected chi connectivity index (χ4v) is 5.58. The average Bonchev–Trinajstić information content (AvgIpc) is 3.98. The molecule has 0 aliphatic carbocycles. The van der Waals surface area contributed by atoms with Gasteiger partial charge in [-0.3, -0.25) is 0 Å². The topological polar surface area (TPSA) is 0 Å². The summed E-state index contributed by atoms with van der Waals surface area (Å²) in [4.78, 5) is 0. The molecule has 6 radical (unpaired) electrons. The predicted octanol–water partition coefficient (Wildman–Crippen LogP) is 17.6. The van der Waals surface area contributed by atoms with E-state index in [9.17, 15) is 0 Å². The van der Waals surface area contributed by atoms with Gasteiger partial charge in [0, 0.05) is 20.5 Å². The molecular weight excluding hydrogens is 981 g/mol. The van der Waals surface area contributed by atoms with Gasteiger partial charge in [0.05, 0.1) is 0 Å². The quantitative estimate of drug-likeness (QED) is 0.0940. The zero-order valence-electron chi connectivity index (χ0n) is 35.0. The Bertz CT molecular complexity index is 1690. The van der Waals surface area contributed by atoms with Crippen LogP contribution in [0.25, 0.3) is 43.1 Å². The van der Waals surface area contributed by atoms with Crippen molar-refractivity contribution in [2.75, 3.05) is 0 Å². The molecule has 0 amide bonds. The molecule has 0 unspecified atom stereocenters. The Morgan fingerprint density at radius 1 is 0.431 bits per heavy atom. The van der Waals surface area contributed by atoms with Crippen LogP contribution < -0.4 is 0 Å². The van der Waals surface area contributed by atoms with Crippen LogP contribution in [0.3, 0.4) is 0 Å². The Labute approximate surface area is 396 Å². The molecule has 0 aromatic heterocycles. The summed E-state index contributed by atoms with van der Waals surface area (Å²) in [6.45, 7) is 20.0. The molecule has 58 heavy (non-hydrogen) atoms. The van der Waals surface area contributed by atoms with E-state index in [-0.39, 0.29) is 0 Å². The molecule has 308 valence electrons. The maximum absolute atomic E-state index is 4.93. The van der Waals surface area contributed by atoms with Crippen LogP contribution in [0.2, 0.25) is 12.1 Å². The minimum atomic E-state index is -0.826. The molecule has 0 aliphatic heterocycles. The molecule has 8 aromatic rings. The summed E-state index contributed by atoms with van der Waals surface area (Å²) >= 11 is -1.65. The van der Waals surface area contributed by atoms with Crippen molar-refractivity contribution >= 4 is 97.6 Å². The summed E-state index contributed by atoms with van der Waals surface area (Å²) in [7, 11) is 26.1. The number of fused-ring (bicyclic) bond motifs is 4. The summed E-state index contributed by atoms with van der Waals surface area (Å²) in [5, 5.41) is 10.8. The van der Waals surface area contributed by atoms with Gasteiger partial charge in [-0.25, -0.2) is 0 Å². The fraction of sp³-hybridized carbons (Fsp3) is 0.240. The van der Waals surface area contributed by atoms with Gasteiger partial charge < -0.3 is 13.8 Å². The van der Waals surface area contributed by atoms with Crippen LogP contribution in [-0.4, -0.2) is 20.5 Å². The first-order valence-electron chi connectivity index (χ1n) is 19.3. The summed E-state index contributed by atoms with van der Waals surface area (Å²) in [5.41, 5.74) is 5.39. The third kappa shape index (κ3) is 26.1. The molecule has 0 saturated heterocycles. The molecule has 8 rings (SSSR count). The first kappa shape index (κ1) is 56.7. The number of unbranched alkanes of at least 4 members (excludes halogenated alkanes) is 3. The van der Waals surface area contributed by atoms with Gasteiger partial charge in [-0.2, -0.15) is 37.1 Å². The molecule has 0 fully saturated rings. The Balaban J connectivity index is 0.000000660. The molecule has 0 N–H and O–H groups in total. The van der Waals surface area contributed by atoms with E-state index in [1.165, 1.54) is 78.2 Å². The van der Waals surface area contributed by atoms with Crippen molar-refractivity contribution in [1.29, 1.82) is 0 Å². The summed E-state index contributed by atoms with van der Waals surface area (Å²) in [6.07, 6.45) is 4.61. The van der Waals surface area contributed by atoms with Gasteiger partial charge >= 0.3 is 75.7 Å². The van der Waals surface area contributed by atoms with Crippen molar-refractivity contribution in [3.63, 3.8) is 0 Å². The molecule has 0 spiro atoms. The standard InChI is InChI=1S/4C10H9.C6H12.2C2H5Si.4ClH.2Zr/c4*1-8-6-9-4-2-3-5-10(9)7-8;1-3-5-6-4-2;2*1-2-3;;;;;;/h4*2-7H,1H3;1-6H2;2*2H2,1H3;4*1H;;/q4*-1;-2;;;;;;;2*+2/p-4. The Morgan fingerprint density at radius 2 is 0.603 bits per heavy atom. The number of aryl methyl sites for hydroxylation is 4. The van der Waals surface area contributed by atoms with Gasteiger partial charge in [0.1, 0.15) is 0 Å². The van der Waals surface area contributed by atoms with Crippen molar-refractivity contribution in [3.8, 4) is 0 Å². The molecule has 0 nitrogen and oxygen atoms in total. The van der Waals surface area contributed by atoms with E-state index in [1.54, 1.807) is 0 Å². The average molecular weight is 1040 g/mol. The van der Waals surface area contributed by atoms with Crippen molar-refractivity contribution in [1.82, 2.24) is 0 Å². The normalized spacial score (nSPS) is 9.28.